The topological polar surface area (TPSA) is 84.9 Å². The van der Waals surface area contributed by atoms with Crippen molar-refractivity contribution in [3.63, 3.8) is 0 Å². The zero-order valence-corrected chi connectivity index (χ0v) is 14.8. The van der Waals surface area contributed by atoms with Crippen LogP contribution in [-0.4, -0.2) is 55.0 Å². The number of nitrogens with zero attached hydrogens (tertiary/aromatic N) is 1. The Balaban J connectivity index is 1.84. The Morgan fingerprint density at radius 1 is 1.35 bits per heavy atom. The quantitative estimate of drug-likeness (QED) is 0.561. The van der Waals surface area contributed by atoms with Crippen molar-refractivity contribution in [3.8, 4) is 0 Å². The summed E-state index contributed by atoms with van der Waals surface area (Å²) >= 11 is 0. The number of rotatable bonds is 8. The van der Waals surface area contributed by atoms with E-state index in [-0.39, 0.29) is 24.9 Å². The molecule has 1 aromatic carbocycles. The lowest BCUT2D eigenvalue weighted by Crippen LogP contribution is -2.49. The molecule has 7 heteroatoms. The van der Waals surface area contributed by atoms with E-state index in [2.05, 4.69) is 11.9 Å². The van der Waals surface area contributed by atoms with Crippen LogP contribution in [0.3, 0.4) is 0 Å². The molecule has 1 fully saturated rings. The molecular formula is C19H24N2O5. The fourth-order valence-corrected chi connectivity index (χ4v) is 3.00. The molecule has 26 heavy (non-hydrogen) atoms. The largest absolute Gasteiger partial charge is 0.468 e. The third kappa shape index (κ3) is 5.16. The zero-order valence-electron chi connectivity index (χ0n) is 14.8. The number of hydrogen-bond acceptors (Lipinski definition) is 6. The molecule has 1 aliphatic heterocycles. The first-order valence-corrected chi connectivity index (χ1v) is 8.50. The highest BCUT2D eigenvalue weighted by Gasteiger charge is 2.37. The average Bonchev–Trinajstić information content (AvgIpc) is 3.15. The second-order valence-corrected chi connectivity index (χ2v) is 5.98. The van der Waals surface area contributed by atoms with Gasteiger partial charge < -0.3 is 14.8 Å². The maximum absolute atomic E-state index is 12.5. The van der Waals surface area contributed by atoms with Crippen LogP contribution < -0.4 is 5.32 Å². The monoisotopic (exact) mass is 360 g/mol. The standard InChI is InChI=1S/C19H24N2O5/c1-3-15(21-11-7-10-16(21)18(23)25-2)17(22)12-20-19(24)26-13-14-8-5-4-6-9-14/h3-6,8-9,15-16H,1,7,10-13H2,2H3,(H,20,24). The number of benzene rings is 1. The summed E-state index contributed by atoms with van der Waals surface area (Å²) in [6, 6.07) is 8.13. The predicted molar refractivity (Wildman–Crippen MR) is 95.4 cm³/mol. The Kier molecular flexibility index (Phi) is 7.35. The maximum atomic E-state index is 12.5. The van der Waals surface area contributed by atoms with Crippen LogP contribution in [0.5, 0.6) is 0 Å². The number of hydrogen-bond donors (Lipinski definition) is 1. The third-order valence-electron chi connectivity index (χ3n) is 4.30. The van der Waals surface area contributed by atoms with Gasteiger partial charge in [0, 0.05) is 6.54 Å². The van der Waals surface area contributed by atoms with E-state index in [0.29, 0.717) is 13.0 Å². The van der Waals surface area contributed by atoms with Gasteiger partial charge in [-0.3, -0.25) is 14.5 Å². The Morgan fingerprint density at radius 2 is 2.08 bits per heavy atom. The van der Waals surface area contributed by atoms with Crippen molar-refractivity contribution in [2.75, 3.05) is 20.2 Å². The van der Waals surface area contributed by atoms with E-state index in [1.54, 1.807) is 4.90 Å². The van der Waals surface area contributed by atoms with E-state index in [9.17, 15) is 14.4 Å². The number of methoxy groups -OCH3 is 1. The van der Waals surface area contributed by atoms with Gasteiger partial charge in [0.25, 0.3) is 0 Å². The van der Waals surface area contributed by atoms with E-state index in [1.807, 2.05) is 30.3 Å². The summed E-state index contributed by atoms with van der Waals surface area (Å²) in [5.41, 5.74) is 0.857. The summed E-state index contributed by atoms with van der Waals surface area (Å²) in [6.45, 7) is 4.22. The van der Waals surface area contributed by atoms with E-state index in [0.717, 1.165) is 12.0 Å². The minimum absolute atomic E-state index is 0.127. The number of ether oxygens (including phenoxy) is 2. The van der Waals surface area contributed by atoms with Crippen LogP contribution in [0.1, 0.15) is 18.4 Å². The summed E-state index contributed by atoms with van der Waals surface area (Å²) < 4.78 is 9.87. The van der Waals surface area contributed by atoms with Gasteiger partial charge in [-0.05, 0) is 18.4 Å². The molecule has 1 amide bonds. The first kappa shape index (κ1) is 19.7. The Hall–Kier alpha value is -2.67. The number of Topliss-reactive ketones (excluding diaryl/α,β-unsaturated/α-hetero) is 1. The van der Waals surface area contributed by atoms with Crippen LogP contribution in [0.15, 0.2) is 43.0 Å². The lowest BCUT2D eigenvalue weighted by Gasteiger charge is -2.28. The van der Waals surface area contributed by atoms with Gasteiger partial charge in [0.2, 0.25) is 0 Å². The first-order valence-electron chi connectivity index (χ1n) is 8.50. The van der Waals surface area contributed by atoms with Crippen molar-refractivity contribution < 1.29 is 23.9 Å². The van der Waals surface area contributed by atoms with Crippen LogP contribution in [-0.2, 0) is 25.7 Å². The number of likely N-dealkylation sites (tertiary alicyclic amines) is 1. The number of ketones is 1. The smallest absolute Gasteiger partial charge is 0.407 e. The van der Waals surface area contributed by atoms with Crippen molar-refractivity contribution in [1.82, 2.24) is 10.2 Å². The van der Waals surface area contributed by atoms with E-state index in [4.69, 9.17) is 9.47 Å². The van der Waals surface area contributed by atoms with E-state index in [1.165, 1.54) is 13.2 Å². The zero-order chi connectivity index (χ0) is 18.9. The maximum Gasteiger partial charge on any atom is 0.407 e. The number of amides is 1. The highest BCUT2D eigenvalue weighted by molar-refractivity contribution is 5.90. The molecule has 1 saturated heterocycles. The molecule has 1 heterocycles. The molecule has 1 aliphatic rings. The molecule has 7 nitrogen and oxygen atoms in total. The summed E-state index contributed by atoms with van der Waals surface area (Å²) in [5, 5.41) is 2.45. The van der Waals surface area contributed by atoms with Crippen LogP contribution >= 0.6 is 0 Å². The fourth-order valence-electron chi connectivity index (χ4n) is 3.00. The number of carbonyl (C=O) groups excluding carboxylic acids is 3. The van der Waals surface area contributed by atoms with Gasteiger partial charge in [0.1, 0.15) is 12.6 Å². The van der Waals surface area contributed by atoms with Gasteiger partial charge in [-0.25, -0.2) is 4.79 Å². The summed E-state index contributed by atoms with van der Waals surface area (Å²) in [5.74, 6) is -0.621. The van der Waals surface area contributed by atoms with Gasteiger partial charge in [0.15, 0.2) is 5.78 Å². The molecule has 0 bridgehead atoms. The van der Waals surface area contributed by atoms with Gasteiger partial charge >= 0.3 is 12.1 Å². The van der Waals surface area contributed by atoms with Crippen molar-refractivity contribution >= 4 is 17.8 Å². The van der Waals surface area contributed by atoms with Crippen molar-refractivity contribution in [3.05, 3.63) is 48.6 Å². The Labute approximate surface area is 153 Å². The van der Waals surface area contributed by atoms with Gasteiger partial charge in [-0.1, -0.05) is 36.4 Å². The Morgan fingerprint density at radius 3 is 2.73 bits per heavy atom. The molecule has 1 N–H and O–H groups in total. The highest BCUT2D eigenvalue weighted by atomic mass is 16.5. The summed E-state index contributed by atoms with van der Waals surface area (Å²) in [4.78, 5) is 37.9. The van der Waals surface area contributed by atoms with Crippen LogP contribution in [0.4, 0.5) is 4.79 Å². The predicted octanol–water partition coefficient (Wildman–Crippen LogP) is 1.67. The summed E-state index contributed by atoms with van der Waals surface area (Å²) in [7, 11) is 1.33. The molecule has 1 aromatic rings. The van der Waals surface area contributed by atoms with Gasteiger partial charge in [-0.15, -0.1) is 6.58 Å². The lowest BCUT2D eigenvalue weighted by molar-refractivity contribution is -0.146. The van der Waals surface area contributed by atoms with Crippen LogP contribution in [0.2, 0.25) is 0 Å². The van der Waals surface area contributed by atoms with Crippen LogP contribution in [0, 0.1) is 0 Å². The minimum atomic E-state index is -0.670. The minimum Gasteiger partial charge on any atom is -0.468 e. The molecule has 0 radical (unpaired) electrons. The van der Waals surface area contributed by atoms with Gasteiger partial charge in [0.05, 0.1) is 19.7 Å². The molecule has 0 saturated carbocycles. The van der Waals surface area contributed by atoms with Gasteiger partial charge in [-0.2, -0.15) is 0 Å². The van der Waals surface area contributed by atoms with E-state index >= 15 is 0 Å². The normalized spacial score (nSPS) is 18.0. The molecule has 2 rings (SSSR count). The van der Waals surface area contributed by atoms with Crippen molar-refractivity contribution in [2.45, 2.75) is 31.5 Å². The molecule has 0 aromatic heterocycles. The molecule has 2 atom stereocenters. The second kappa shape index (κ2) is 9.72. The number of esters is 1. The van der Waals surface area contributed by atoms with E-state index < -0.39 is 18.2 Å². The summed E-state index contributed by atoms with van der Waals surface area (Å²) in [6.07, 6.45) is 2.25. The molecular weight excluding hydrogens is 336 g/mol. The number of alkyl carbamates (subject to hydrolysis) is 1. The highest BCUT2D eigenvalue weighted by Crippen LogP contribution is 2.22. The van der Waals surface area contributed by atoms with Crippen molar-refractivity contribution in [2.24, 2.45) is 0 Å². The van der Waals surface area contributed by atoms with Crippen molar-refractivity contribution in [1.29, 1.82) is 0 Å². The molecule has 2 unspecified atom stereocenters. The first-order chi connectivity index (χ1) is 12.6. The third-order valence-corrected chi connectivity index (χ3v) is 4.30. The molecule has 140 valence electrons. The number of nitrogens with one attached hydrogen (secondary N) is 1. The lowest BCUT2D eigenvalue weighted by atomic mass is 10.1. The molecule has 0 aliphatic carbocycles. The SMILES string of the molecule is C=CC(C(=O)CNC(=O)OCc1ccccc1)N1CCCC1C(=O)OC. The Bertz CT molecular complexity index is 647. The van der Waals surface area contributed by atoms with Crippen LogP contribution in [0.25, 0.3) is 0 Å². The number of carbonyl (C=O) groups is 3. The molecule has 0 spiro atoms. The fraction of sp³-hybridized carbons (Fsp3) is 0.421. The average molecular weight is 360 g/mol. The second-order valence-electron chi connectivity index (χ2n) is 5.98.